The molecule has 0 saturated carbocycles. The first-order chi connectivity index (χ1) is 7.72. The van der Waals surface area contributed by atoms with Crippen LogP contribution in [0.1, 0.15) is 49.1 Å². The predicted octanol–water partition coefficient (Wildman–Crippen LogP) is 4.57. The minimum Gasteiger partial charge on any atom is -0.245 e. The van der Waals surface area contributed by atoms with E-state index in [1.165, 1.54) is 28.6 Å². The molecule has 1 fully saturated rings. The molecule has 0 radical (unpaired) electrons. The standard InChI is InChI=1S/C12H19NS3/c1-4-10-11(15-6-5-14-10)12-13-9(7-16-12)8(2)3/h7-8,10-11H,4-6H2,1-3H3. The molecule has 2 atom stereocenters. The fraction of sp³-hybridized carbons (Fsp3) is 0.750. The molecule has 1 aliphatic heterocycles. The fourth-order valence-corrected chi connectivity index (χ4v) is 6.25. The van der Waals surface area contributed by atoms with Gasteiger partial charge in [0.15, 0.2) is 0 Å². The molecule has 90 valence electrons. The van der Waals surface area contributed by atoms with E-state index < -0.39 is 0 Å². The van der Waals surface area contributed by atoms with Crippen LogP contribution in [0, 0.1) is 0 Å². The summed E-state index contributed by atoms with van der Waals surface area (Å²) in [4.78, 5) is 4.82. The van der Waals surface area contributed by atoms with Crippen molar-refractivity contribution in [3.05, 3.63) is 16.1 Å². The molecule has 0 spiro atoms. The summed E-state index contributed by atoms with van der Waals surface area (Å²) in [6, 6.07) is 0. The number of rotatable bonds is 3. The third kappa shape index (κ3) is 2.77. The molecule has 1 aliphatic rings. The van der Waals surface area contributed by atoms with Gasteiger partial charge in [-0.2, -0.15) is 11.8 Å². The summed E-state index contributed by atoms with van der Waals surface area (Å²) >= 11 is 6.09. The van der Waals surface area contributed by atoms with Gasteiger partial charge in [-0.25, -0.2) is 4.98 Å². The topological polar surface area (TPSA) is 12.9 Å². The van der Waals surface area contributed by atoms with Crippen LogP contribution in [0.4, 0.5) is 0 Å². The Kier molecular flexibility index (Phi) is 4.62. The first-order valence-corrected chi connectivity index (χ1v) is 8.88. The highest BCUT2D eigenvalue weighted by Crippen LogP contribution is 2.45. The van der Waals surface area contributed by atoms with Crippen molar-refractivity contribution in [1.29, 1.82) is 0 Å². The summed E-state index contributed by atoms with van der Waals surface area (Å²) in [5.41, 5.74) is 1.27. The number of thiazole rings is 1. The summed E-state index contributed by atoms with van der Waals surface area (Å²) in [7, 11) is 0. The van der Waals surface area contributed by atoms with Gasteiger partial charge in [-0.05, 0) is 12.3 Å². The average Bonchev–Trinajstić information content (AvgIpc) is 2.78. The van der Waals surface area contributed by atoms with E-state index in [-0.39, 0.29) is 0 Å². The molecule has 1 saturated heterocycles. The quantitative estimate of drug-likeness (QED) is 0.801. The van der Waals surface area contributed by atoms with Crippen LogP contribution >= 0.6 is 34.9 Å². The predicted molar refractivity (Wildman–Crippen MR) is 77.9 cm³/mol. The zero-order chi connectivity index (χ0) is 11.5. The van der Waals surface area contributed by atoms with Crippen molar-refractivity contribution in [2.45, 2.75) is 43.6 Å². The van der Waals surface area contributed by atoms with Crippen LogP contribution in [-0.2, 0) is 0 Å². The van der Waals surface area contributed by atoms with Crippen molar-refractivity contribution in [2.24, 2.45) is 0 Å². The Bertz CT molecular complexity index is 335. The second-order valence-corrected chi connectivity index (χ2v) is 7.86. The van der Waals surface area contributed by atoms with Crippen LogP contribution in [0.2, 0.25) is 0 Å². The number of thioether (sulfide) groups is 2. The van der Waals surface area contributed by atoms with Crippen LogP contribution in [0.15, 0.2) is 5.38 Å². The van der Waals surface area contributed by atoms with E-state index in [2.05, 4.69) is 49.7 Å². The minimum atomic E-state index is 0.561. The van der Waals surface area contributed by atoms with Crippen molar-refractivity contribution in [3.8, 4) is 0 Å². The first-order valence-electron chi connectivity index (χ1n) is 5.91. The number of hydrogen-bond acceptors (Lipinski definition) is 4. The third-order valence-electron chi connectivity index (χ3n) is 2.83. The first kappa shape index (κ1) is 12.8. The SMILES string of the molecule is CCC1SCCSC1c1nc(C(C)C)cs1. The van der Waals surface area contributed by atoms with E-state index in [0.29, 0.717) is 11.2 Å². The molecule has 4 heteroatoms. The lowest BCUT2D eigenvalue weighted by Crippen LogP contribution is -2.18. The molecule has 16 heavy (non-hydrogen) atoms. The van der Waals surface area contributed by atoms with Crippen molar-refractivity contribution < 1.29 is 0 Å². The van der Waals surface area contributed by atoms with Gasteiger partial charge in [0.2, 0.25) is 0 Å². The van der Waals surface area contributed by atoms with Crippen LogP contribution in [0.25, 0.3) is 0 Å². The molecular formula is C12H19NS3. The van der Waals surface area contributed by atoms with Crippen molar-refractivity contribution >= 4 is 34.9 Å². The molecule has 1 aromatic rings. The van der Waals surface area contributed by atoms with Crippen molar-refractivity contribution in [2.75, 3.05) is 11.5 Å². The van der Waals surface area contributed by atoms with Crippen LogP contribution in [0.3, 0.4) is 0 Å². The van der Waals surface area contributed by atoms with Gasteiger partial charge in [-0.15, -0.1) is 23.1 Å². The Morgan fingerprint density at radius 3 is 2.75 bits per heavy atom. The maximum atomic E-state index is 4.82. The lowest BCUT2D eigenvalue weighted by Gasteiger charge is -2.28. The van der Waals surface area contributed by atoms with Gasteiger partial charge >= 0.3 is 0 Å². The average molecular weight is 273 g/mol. The number of aromatic nitrogens is 1. The van der Waals surface area contributed by atoms with Gasteiger partial charge in [0, 0.05) is 22.1 Å². The van der Waals surface area contributed by atoms with Gasteiger partial charge < -0.3 is 0 Å². The normalized spacial score (nSPS) is 26.2. The van der Waals surface area contributed by atoms with E-state index in [0.717, 1.165) is 5.25 Å². The lowest BCUT2D eigenvalue weighted by molar-refractivity contribution is 0.770. The molecule has 0 aromatic carbocycles. The Morgan fingerprint density at radius 2 is 2.12 bits per heavy atom. The Morgan fingerprint density at radius 1 is 1.38 bits per heavy atom. The summed E-state index contributed by atoms with van der Waals surface area (Å²) in [5, 5.41) is 5.01. The monoisotopic (exact) mass is 273 g/mol. The van der Waals surface area contributed by atoms with Gasteiger partial charge in [-0.3, -0.25) is 0 Å². The Balaban J connectivity index is 2.14. The lowest BCUT2D eigenvalue weighted by atomic mass is 10.2. The molecule has 1 aromatic heterocycles. The fourth-order valence-electron chi connectivity index (χ4n) is 1.83. The van der Waals surface area contributed by atoms with E-state index in [1.54, 1.807) is 0 Å². The van der Waals surface area contributed by atoms with Crippen molar-refractivity contribution in [1.82, 2.24) is 4.98 Å². The Labute approximate surface area is 111 Å². The highest BCUT2D eigenvalue weighted by molar-refractivity contribution is 8.06. The van der Waals surface area contributed by atoms with Crippen LogP contribution in [-0.4, -0.2) is 21.7 Å². The molecule has 0 amide bonds. The Hall–Kier alpha value is 0.330. The summed E-state index contributed by atoms with van der Waals surface area (Å²) < 4.78 is 0. The van der Waals surface area contributed by atoms with E-state index in [4.69, 9.17) is 4.98 Å². The third-order valence-corrected chi connectivity index (χ3v) is 7.18. The van der Waals surface area contributed by atoms with Gasteiger partial charge in [0.1, 0.15) is 5.01 Å². The van der Waals surface area contributed by atoms with Crippen LogP contribution in [0.5, 0.6) is 0 Å². The minimum absolute atomic E-state index is 0.561. The molecule has 0 aliphatic carbocycles. The van der Waals surface area contributed by atoms with Crippen LogP contribution < -0.4 is 0 Å². The van der Waals surface area contributed by atoms with E-state index in [1.807, 2.05) is 11.3 Å². The molecule has 0 bridgehead atoms. The van der Waals surface area contributed by atoms with Gasteiger partial charge in [0.25, 0.3) is 0 Å². The molecule has 0 N–H and O–H groups in total. The number of hydrogen-bond donors (Lipinski definition) is 0. The smallest absolute Gasteiger partial charge is 0.107 e. The van der Waals surface area contributed by atoms with E-state index >= 15 is 0 Å². The maximum absolute atomic E-state index is 4.82. The second-order valence-electron chi connectivity index (χ2n) is 4.37. The maximum Gasteiger partial charge on any atom is 0.107 e. The van der Waals surface area contributed by atoms with Gasteiger partial charge in [0.05, 0.1) is 10.9 Å². The highest BCUT2D eigenvalue weighted by atomic mass is 32.2. The molecule has 2 rings (SSSR count). The molecular weight excluding hydrogens is 254 g/mol. The summed E-state index contributed by atoms with van der Waals surface area (Å²) in [6.45, 7) is 6.74. The highest BCUT2D eigenvalue weighted by Gasteiger charge is 2.28. The summed E-state index contributed by atoms with van der Waals surface area (Å²) in [6.07, 6.45) is 1.26. The zero-order valence-corrected chi connectivity index (χ0v) is 12.6. The molecule has 1 nitrogen and oxygen atoms in total. The summed E-state index contributed by atoms with van der Waals surface area (Å²) in [5.74, 6) is 3.15. The number of nitrogens with zero attached hydrogens (tertiary/aromatic N) is 1. The second kappa shape index (κ2) is 5.78. The van der Waals surface area contributed by atoms with Crippen molar-refractivity contribution in [3.63, 3.8) is 0 Å². The zero-order valence-electron chi connectivity index (χ0n) is 10.1. The van der Waals surface area contributed by atoms with Gasteiger partial charge in [-0.1, -0.05) is 20.8 Å². The molecule has 2 heterocycles. The van der Waals surface area contributed by atoms with E-state index in [9.17, 15) is 0 Å². The largest absolute Gasteiger partial charge is 0.245 e. The molecule has 2 unspecified atom stereocenters.